The van der Waals surface area contributed by atoms with E-state index in [1.54, 1.807) is 23.3 Å². The number of aromatic nitrogens is 2. The molecule has 1 N–H and O–H groups in total. The van der Waals surface area contributed by atoms with Crippen molar-refractivity contribution in [3.05, 3.63) is 73.3 Å². The van der Waals surface area contributed by atoms with Crippen molar-refractivity contribution in [2.45, 2.75) is 26.2 Å². The third-order valence-corrected chi connectivity index (χ3v) is 5.54. The summed E-state index contributed by atoms with van der Waals surface area (Å²) < 4.78 is 13.8. The van der Waals surface area contributed by atoms with Crippen molar-refractivity contribution >= 4 is 17.7 Å². The number of hydrogen-bond acceptors (Lipinski definition) is 4. The van der Waals surface area contributed by atoms with E-state index < -0.39 is 23.8 Å². The molecule has 1 aromatic heterocycles. The summed E-state index contributed by atoms with van der Waals surface area (Å²) in [5, 5.41) is 2.50. The molecular weight excluding hydrogens is 402 g/mol. The number of hydrogen-bond donors (Lipinski definition) is 1. The molecular formula is C23H26ClN3O3. The van der Waals surface area contributed by atoms with Crippen molar-refractivity contribution in [3.63, 3.8) is 0 Å². The molecule has 2 atom stereocenters. The molecule has 0 bridgehead atoms. The number of carbonyl (C=O) groups excluding carboxylic acids is 1. The Hall–Kier alpha value is -2.99. The van der Waals surface area contributed by atoms with Crippen molar-refractivity contribution in [2.24, 2.45) is 5.41 Å². The minimum absolute atomic E-state index is 0.274. The van der Waals surface area contributed by atoms with Gasteiger partial charge in [-0.15, -0.1) is 11.6 Å². The van der Waals surface area contributed by atoms with Gasteiger partial charge in [-0.3, -0.25) is 4.57 Å². The number of rotatable bonds is 8. The van der Waals surface area contributed by atoms with Crippen LogP contribution in [0.3, 0.4) is 0 Å². The molecule has 158 valence electrons. The van der Waals surface area contributed by atoms with Gasteiger partial charge in [-0.05, 0) is 23.3 Å². The van der Waals surface area contributed by atoms with Gasteiger partial charge in [0.15, 0.2) is 6.10 Å². The fraction of sp³-hybridized carbons (Fsp3) is 0.304. The highest BCUT2D eigenvalue weighted by Crippen LogP contribution is 2.35. The lowest BCUT2D eigenvalue weighted by Crippen LogP contribution is -2.45. The Bertz CT molecular complexity index is 928. The molecule has 0 aliphatic carbocycles. The number of alkyl halides is 1. The molecule has 0 spiro atoms. The summed E-state index contributed by atoms with van der Waals surface area (Å²) in [7, 11) is 1.52. The van der Waals surface area contributed by atoms with Gasteiger partial charge >= 0.3 is 6.09 Å². The number of ether oxygens (including phenoxy) is 2. The number of nitrogens with zero attached hydrogens (tertiary/aromatic N) is 2. The predicted molar refractivity (Wildman–Crippen MR) is 118 cm³/mol. The fourth-order valence-electron chi connectivity index (χ4n) is 3.05. The van der Waals surface area contributed by atoms with Crippen LogP contribution in [-0.2, 0) is 4.74 Å². The molecule has 0 fully saturated rings. The molecule has 2 aromatic carbocycles. The second kappa shape index (κ2) is 9.67. The second-order valence-corrected chi connectivity index (χ2v) is 7.87. The molecule has 0 aliphatic heterocycles. The minimum atomic E-state index is -0.669. The summed E-state index contributed by atoms with van der Waals surface area (Å²) in [5.41, 5.74) is 1.65. The zero-order valence-electron chi connectivity index (χ0n) is 17.3. The van der Waals surface area contributed by atoms with E-state index in [1.807, 2.05) is 56.3 Å². The monoisotopic (exact) mass is 427 g/mol. The molecule has 1 heterocycles. The number of amides is 1. The van der Waals surface area contributed by atoms with Gasteiger partial charge in [0.2, 0.25) is 6.23 Å². The van der Waals surface area contributed by atoms with Gasteiger partial charge < -0.3 is 14.8 Å². The average Bonchev–Trinajstić information content (AvgIpc) is 3.31. The Morgan fingerprint density at radius 2 is 1.80 bits per heavy atom. The lowest BCUT2D eigenvalue weighted by atomic mass is 9.87. The van der Waals surface area contributed by atoms with Crippen molar-refractivity contribution in [2.75, 3.05) is 12.9 Å². The van der Waals surface area contributed by atoms with Crippen LogP contribution in [0.5, 0.6) is 5.75 Å². The maximum atomic E-state index is 12.1. The first-order valence-corrected chi connectivity index (χ1v) is 10.2. The summed E-state index contributed by atoms with van der Waals surface area (Å²) in [6.45, 7) is 3.86. The quantitative estimate of drug-likeness (QED) is 0.507. The molecule has 3 aromatic rings. The number of halogens is 1. The van der Waals surface area contributed by atoms with Gasteiger partial charge in [-0.2, -0.15) is 0 Å². The van der Waals surface area contributed by atoms with Crippen LogP contribution in [0.1, 0.15) is 20.1 Å². The molecule has 0 aliphatic rings. The summed E-state index contributed by atoms with van der Waals surface area (Å²) in [6.07, 6.45) is 3.19. The van der Waals surface area contributed by atoms with Gasteiger partial charge in [0, 0.05) is 30.7 Å². The minimum Gasteiger partial charge on any atom is -0.466 e. The maximum Gasteiger partial charge on any atom is 0.407 e. The molecule has 0 saturated carbocycles. The molecule has 0 radical (unpaired) electrons. The van der Waals surface area contributed by atoms with E-state index in [0.717, 1.165) is 11.1 Å². The number of benzene rings is 2. The molecule has 30 heavy (non-hydrogen) atoms. The van der Waals surface area contributed by atoms with Crippen LogP contribution >= 0.6 is 11.6 Å². The van der Waals surface area contributed by atoms with E-state index in [1.165, 1.54) is 7.05 Å². The molecule has 1 amide bonds. The number of imidazole rings is 1. The van der Waals surface area contributed by atoms with Crippen LogP contribution in [0.25, 0.3) is 11.1 Å². The van der Waals surface area contributed by atoms with E-state index in [9.17, 15) is 4.79 Å². The second-order valence-electron chi connectivity index (χ2n) is 7.61. The van der Waals surface area contributed by atoms with Crippen LogP contribution < -0.4 is 10.1 Å². The highest BCUT2D eigenvalue weighted by atomic mass is 35.5. The summed E-state index contributed by atoms with van der Waals surface area (Å²) >= 11 is 6.22. The summed E-state index contributed by atoms with van der Waals surface area (Å²) in [6, 6.07) is 17.9. The Labute approximate surface area is 181 Å². The SMILES string of the molecule is CNC(=O)OC(C(Oc1ccc(-c2ccccc2)cc1)n1ccnc1)C(C)(C)CCl. The van der Waals surface area contributed by atoms with E-state index >= 15 is 0 Å². The van der Waals surface area contributed by atoms with E-state index in [0.29, 0.717) is 5.75 Å². The Kier molecular flexibility index (Phi) is 7.00. The summed E-state index contributed by atoms with van der Waals surface area (Å²) in [4.78, 5) is 16.2. The van der Waals surface area contributed by atoms with E-state index in [-0.39, 0.29) is 5.88 Å². The fourth-order valence-corrected chi connectivity index (χ4v) is 3.20. The zero-order chi connectivity index (χ0) is 21.6. The smallest absolute Gasteiger partial charge is 0.407 e. The van der Waals surface area contributed by atoms with Crippen molar-refractivity contribution in [1.29, 1.82) is 0 Å². The van der Waals surface area contributed by atoms with Crippen LogP contribution in [0.4, 0.5) is 4.79 Å². The highest BCUT2D eigenvalue weighted by molar-refractivity contribution is 6.18. The van der Waals surface area contributed by atoms with Crippen LogP contribution in [0, 0.1) is 5.41 Å². The van der Waals surface area contributed by atoms with Gasteiger partial charge in [0.1, 0.15) is 5.75 Å². The first kappa shape index (κ1) is 21.7. The maximum absolute atomic E-state index is 12.1. The van der Waals surface area contributed by atoms with Crippen LogP contribution in [-0.4, -0.2) is 34.7 Å². The standard InChI is InChI=1S/C23H26ClN3O3/c1-23(2,15-24)20(30-22(28)25-3)21(27-14-13-26-16-27)29-19-11-9-18(10-12-19)17-7-5-4-6-8-17/h4-14,16,20-21H,15H2,1-3H3,(H,25,28). The molecule has 7 heteroatoms. The molecule has 3 rings (SSSR count). The average molecular weight is 428 g/mol. The summed E-state index contributed by atoms with van der Waals surface area (Å²) in [5.74, 6) is 0.917. The topological polar surface area (TPSA) is 65.4 Å². The van der Waals surface area contributed by atoms with Crippen molar-refractivity contribution in [3.8, 4) is 16.9 Å². The van der Waals surface area contributed by atoms with E-state index in [4.69, 9.17) is 21.1 Å². The predicted octanol–water partition coefficient (Wildman–Crippen LogP) is 5.12. The molecule has 2 unspecified atom stereocenters. The number of nitrogens with one attached hydrogen (secondary N) is 1. The first-order chi connectivity index (χ1) is 14.4. The van der Waals surface area contributed by atoms with Gasteiger partial charge in [-0.25, -0.2) is 9.78 Å². The van der Waals surface area contributed by atoms with E-state index in [2.05, 4.69) is 22.4 Å². The van der Waals surface area contributed by atoms with Gasteiger partial charge in [0.25, 0.3) is 0 Å². The van der Waals surface area contributed by atoms with Crippen molar-refractivity contribution < 1.29 is 14.3 Å². The lowest BCUT2D eigenvalue weighted by molar-refractivity contribution is -0.0727. The van der Waals surface area contributed by atoms with Crippen molar-refractivity contribution in [1.82, 2.24) is 14.9 Å². The highest BCUT2D eigenvalue weighted by Gasteiger charge is 2.41. The molecule has 6 nitrogen and oxygen atoms in total. The first-order valence-electron chi connectivity index (χ1n) is 9.68. The van der Waals surface area contributed by atoms with Crippen LogP contribution in [0.15, 0.2) is 73.3 Å². The third kappa shape index (κ3) is 5.13. The molecule has 0 saturated heterocycles. The Morgan fingerprint density at radius 1 is 1.13 bits per heavy atom. The number of alkyl carbamates (subject to hydrolysis) is 1. The zero-order valence-corrected chi connectivity index (χ0v) is 18.0. The Morgan fingerprint density at radius 3 is 2.37 bits per heavy atom. The third-order valence-electron chi connectivity index (χ3n) is 4.85. The largest absolute Gasteiger partial charge is 0.466 e. The lowest BCUT2D eigenvalue weighted by Gasteiger charge is -2.37. The normalized spacial score (nSPS) is 13.3. The van der Waals surface area contributed by atoms with Crippen LogP contribution in [0.2, 0.25) is 0 Å². The van der Waals surface area contributed by atoms with Gasteiger partial charge in [-0.1, -0.05) is 56.3 Å². The van der Waals surface area contributed by atoms with Gasteiger partial charge in [0.05, 0.1) is 6.33 Å². The number of carbonyl (C=O) groups is 1. The Balaban J connectivity index is 1.91.